The Bertz CT molecular complexity index is 839. The monoisotopic (exact) mass is 646 g/mol. The van der Waals surface area contributed by atoms with E-state index in [-0.39, 0.29) is 68.3 Å². The van der Waals surface area contributed by atoms with Gasteiger partial charge in [-0.3, -0.25) is 0 Å². The molecule has 1 aromatic heterocycles. The van der Waals surface area contributed by atoms with Crippen LogP contribution in [0.4, 0.5) is 0 Å². The molecule has 0 saturated heterocycles. The molecular weight excluding hydrogens is 631 g/mol. The van der Waals surface area contributed by atoms with Crippen LogP contribution in [0.3, 0.4) is 0 Å². The van der Waals surface area contributed by atoms with Gasteiger partial charge in [0.1, 0.15) is 0 Å². The second-order valence-electron chi connectivity index (χ2n) is 4.54. The molecule has 0 N–H and O–H groups in total. The summed E-state index contributed by atoms with van der Waals surface area (Å²) in [5.41, 5.74) is 1.56. The van der Waals surface area contributed by atoms with Crippen molar-refractivity contribution in [3.8, 4) is 0 Å². The zero-order valence-corrected chi connectivity index (χ0v) is 20.7. The van der Waals surface area contributed by atoms with Crippen molar-refractivity contribution in [1.82, 2.24) is 0 Å². The molecular formula is C17H10O2Se5. The van der Waals surface area contributed by atoms with E-state index in [1.54, 1.807) is 0 Å². The molecule has 0 spiro atoms. The first-order valence-electron chi connectivity index (χ1n) is 6.82. The zero-order chi connectivity index (χ0) is 16.9. The number of carbonyl (C=O) groups excluding carboxylic acids is 2. The normalized spacial score (nSPS) is 10.5. The molecule has 0 atom stereocenters. The van der Waals surface area contributed by atoms with Crippen molar-refractivity contribution in [1.29, 1.82) is 0 Å². The van der Waals surface area contributed by atoms with E-state index in [0.717, 1.165) is 11.1 Å². The number of carbonyl (C=O) groups is 2. The average molecular weight is 641 g/mol. The Kier molecular flexibility index (Phi) is 7.10. The molecule has 2 nitrogen and oxygen atoms in total. The van der Waals surface area contributed by atoms with Crippen molar-refractivity contribution >= 4 is 90.5 Å². The van der Waals surface area contributed by atoms with Gasteiger partial charge in [0.05, 0.1) is 0 Å². The molecule has 24 heavy (non-hydrogen) atoms. The molecule has 0 fully saturated rings. The SMILES string of the molecule is O=C([Se]c1[se]c(=[Se])[se]c1[Se]C(=O)c1ccccc1)c1ccccc1. The minimum atomic E-state index is -0.192. The van der Waals surface area contributed by atoms with E-state index in [1.165, 1.54) is 8.48 Å². The Morgan fingerprint density at radius 1 is 0.708 bits per heavy atom. The molecule has 0 aliphatic rings. The molecule has 0 radical (unpaired) electrons. The number of hydrogen-bond acceptors (Lipinski definition) is 2. The van der Waals surface area contributed by atoms with Crippen molar-refractivity contribution in [2.75, 3.05) is 0 Å². The van der Waals surface area contributed by atoms with E-state index >= 15 is 0 Å². The fourth-order valence-electron chi connectivity index (χ4n) is 1.82. The van der Waals surface area contributed by atoms with Gasteiger partial charge in [0, 0.05) is 0 Å². The van der Waals surface area contributed by atoms with Gasteiger partial charge in [-0.2, -0.15) is 0 Å². The summed E-state index contributed by atoms with van der Waals surface area (Å²) in [6.07, 6.45) is 0. The fraction of sp³-hybridized carbons (Fsp3) is 0. The van der Waals surface area contributed by atoms with Crippen LogP contribution in [0, 0.1) is 1.81 Å². The molecule has 3 aromatic rings. The van der Waals surface area contributed by atoms with Crippen LogP contribution in [-0.2, 0) is 0 Å². The summed E-state index contributed by atoms with van der Waals surface area (Å²) in [4.78, 5) is 25.0. The third-order valence-electron chi connectivity index (χ3n) is 2.91. The van der Waals surface area contributed by atoms with Crippen LogP contribution in [0.25, 0.3) is 0 Å². The summed E-state index contributed by atoms with van der Waals surface area (Å²) in [6, 6.07) is 18.9. The molecule has 1 heterocycles. The van der Waals surface area contributed by atoms with Crippen LogP contribution in [0.15, 0.2) is 60.7 Å². The molecule has 0 saturated carbocycles. The van der Waals surface area contributed by atoms with Crippen molar-refractivity contribution in [2.24, 2.45) is 0 Å². The van der Waals surface area contributed by atoms with Gasteiger partial charge in [-0.25, -0.2) is 0 Å². The molecule has 0 amide bonds. The third kappa shape index (κ3) is 5.01. The molecule has 120 valence electrons. The van der Waals surface area contributed by atoms with E-state index in [0.29, 0.717) is 0 Å². The van der Waals surface area contributed by atoms with Crippen molar-refractivity contribution in [3.63, 3.8) is 0 Å². The first kappa shape index (κ1) is 18.8. The maximum absolute atomic E-state index is 12.5. The Morgan fingerprint density at radius 2 is 1.08 bits per heavy atom. The zero-order valence-electron chi connectivity index (χ0n) is 12.1. The predicted molar refractivity (Wildman–Crippen MR) is 102 cm³/mol. The van der Waals surface area contributed by atoms with Crippen LogP contribution < -0.4 is 6.67 Å². The molecule has 0 unspecified atom stereocenters. The van der Waals surface area contributed by atoms with Gasteiger partial charge in [-0.1, -0.05) is 0 Å². The van der Waals surface area contributed by atoms with E-state index in [9.17, 15) is 9.59 Å². The van der Waals surface area contributed by atoms with Gasteiger partial charge in [0.25, 0.3) is 0 Å². The van der Waals surface area contributed by atoms with E-state index in [1.807, 2.05) is 60.7 Å². The van der Waals surface area contributed by atoms with Crippen LogP contribution >= 0.6 is 0 Å². The molecule has 3 rings (SSSR count). The minimum absolute atomic E-state index is 0.192. The van der Waals surface area contributed by atoms with Crippen molar-refractivity contribution in [2.45, 2.75) is 0 Å². The molecule has 0 aliphatic carbocycles. The van der Waals surface area contributed by atoms with Gasteiger partial charge in [-0.15, -0.1) is 0 Å². The first-order chi connectivity index (χ1) is 11.6. The quantitative estimate of drug-likeness (QED) is 0.352. The van der Waals surface area contributed by atoms with Crippen LogP contribution in [0.1, 0.15) is 20.7 Å². The van der Waals surface area contributed by atoms with Crippen LogP contribution in [-0.4, -0.2) is 83.9 Å². The summed E-state index contributed by atoms with van der Waals surface area (Å²) in [7, 11) is 0. The van der Waals surface area contributed by atoms with Crippen LogP contribution in [0.2, 0.25) is 0 Å². The number of hydrogen-bond donors (Lipinski definition) is 0. The van der Waals surface area contributed by atoms with Gasteiger partial charge in [0.2, 0.25) is 0 Å². The Hall–Kier alpha value is -0.0126. The van der Waals surface area contributed by atoms with Crippen LogP contribution in [0.5, 0.6) is 0 Å². The molecule has 0 bridgehead atoms. The standard InChI is InChI=1S/C17H10O2Se5/c18-13(11-7-3-1-4-8-11)21-15-16(24-17(20)23-15)22-14(19)12-9-5-2-6-10-12/h1-10H. The van der Waals surface area contributed by atoms with Gasteiger partial charge >= 0.3 is 174 Å². The summed E-state index contributed by atoms with van der Waals surface area (Å²) in [5, 5.41) is 0. The van der Waals surface area contributed by atoms with Crippen molar-refractivity contribution < 1.29 is 9.59 Å². The molecule has 2 aromatic carbocycles. The van der Waals surface area contributed by atoms with Gasteiger partial charge < -0.3 is 0 Å². The fourth-order valence-corrected chi connectivity index (χ4v) is 22.8. The Labute approximate surface area is 172 Å². The number of benzene rings is 2. The Morgan fingerprint density at radius 3 is 1.46 bits per heavy atom. The average Bonchev–Trinajstić information content (AvgIpc) is 2.95. The summed E-state index contributed by atoms with van der Waals surface area (Å²) in [6.45, 7) is 0. The topological polar surface area (TPSA) is 34.1 Å². The van der Waals surface area contributed by atoms with Gasteiger partial charge in [-0.05, 0) is 0 Å². The third-order valence-corrected chi connectivity index (χ3v) is 18.5. The second kappa shape index (κ2) is 9.08. The van der Waals surface area contributed by atoms with E-state index in [4.69, 9.17) is 0 Å². The van der Waals surface area contributed by atoms with E-state index in [2.05, 4.69) is 15.6 Å². The summed E-state index contributed by atoms with van der Waals surface area (Å²) >= 11 is 3.27. The van der Waals surface area contributed by atoms with E-state index < -0.39 is 0 Å². The van der Waals surface area contributed by atoms with Gasteiger partial charge in [0.15, 0.2) is 0 Å². The maximum atomic E-state index is 12.5. The predicted octanol–water partition coefficient (Wildman–Crippen LogP) is -0.159. The number of rotatable bonds is 6. The second-order valence-corrected chi connectivity index (χ2v) is 20.4. The molecule has 7 heteroatoms. The Balaban J connectivity index is 1.80. The summed E-state index contributed by atoms with van der Waals surface area (Å²) < 4.78 is 4.35. The summed E-state index contributed by atoms with van der Waals surface area (Å²) in [5.74, 6) is 0. The first-order valence-corrected chi connectivity index (χ1v) is 14.5. The van der Waals surface area contributed by atoms with Crippen molar-refractivity contribution in [3.05, 3.63) is 73.6 Å². The molecule has 0 aliphatic heterocycles.